The van der Waals surface area contributed by atoms with Gasteiger partial charge in [-0.05, 0) is 82.8 Å². The van der Waals surface area contributed by atoms with Crippen LogP contribution in [0.2, 0.25) is 0 Å². The Balaban J connectivity index is 1.20. The molecule has 1 aliphatic rings. The minimum absolute atomic E-state index is 0.0696. The molecule has 2 heterocycles. The number of anilines is 1. The van der Waals surface area contributed by atoms with Gasteiger partial charge >= 0.3 is 6.36 Å². The normalized spacial score (nSPS) is 16.4. The van der Waals surface area contributed by atoms with E-state index in [0.717, 1.165) is 22.8 Å². The topological polar surface area (TPSA) is 82.5 Å². The fourth-order valence-corrected chi connectivity index (χ4v) is 5.97. The average molecular weight is 636 g/mol. The van der Waals surface area contributed by atoms with Crippen molar-refractivity contribution in [1.82, 2.24) is 9.55 Å². The molecule has 10 heteroatoms. The maximum atomic E-state index is 14.0. The number of ether oxygens (including phenoxy) is 2. The molecule has 236 valence electrons. The van der Waals surface area contributed by atoms with E-state index >= 15 is 0 Å². The standard InChI is InChI=1S/C37H28F3N3O4/c38-37(39,40)47-29-15-12-24(13-16-29)27-14-18-31-32(21-27)41-36(42-34(44)25-7-2-1-3-8-25)43(35(31)45)22-30-17-19-33(46-30)28-11-10-23-6-4-5-9-26(23)20-28/h1-16,18,20-21,30,33H,17,19,22H2,(H,41,42,44). The summed E-state index contributed by atoms with van der Waals surface area (Å²) in [6, 6.07) is 33.5. The lowest BCUT2D eigenvalue weighted by atomic mass is 10.0. The molecule has 7 nitrogen and oxygen atoms in total. The van der Waals surface area contributed by atoms with Gasteiger partial charge in [0.05, 0.1) is 29.7 Å². The molecule has 1 saturated heterocycles. The molecule has 0 radical (unpaired) electrons. The van der Waals surface area contributed by atoms with Crippen LogP contribution in [-0.2, 0) is 11.3 Å². The summed E-state index contributed by atoms with van der Waals surface area (Å²) < 4.78 is 49.7. The molecular weight excluding hydrogens is 607 g/mol. The number of fused-ring (bicyclic) bond motifs is 2. The van der Waals surface area contributed by atoms with Crippen molar-refractivity contribution in [3.05, 3.63) is 137 Å². The van der Waals surface area contributed by atoms with Crippen molar-refractivity contribution in [2.24, 2.45) is 0 Å². The first-order valence-electron chi connectivity index (χ1n) is 15.1. The van der Waals surface area contributed by atoms with Gasteiger partial charge in [-0.15, -0.1) is 13.2 Å². The molecule has 0 bridgehead atoms. The van der Waals surface area contributed by atoms with Gasteiger partial charge in [-0.3, -0.25) is 19.5 Å². The molecule has 7 rings (SSSR count). The number of alkyl halides is 3. The Morgan fingerprint density at radius 1 is 0.851 bits per heavy atom. The van der Waals surface area contributed by atoms with Crippen LogP contribution in [0.1, 0.15) is 34.9 Å². The van der Waals surface area contributed by atoms with Gasteiger partial charge in [0.2, 0.25) is 5.95 Å². The van der Waals surface area contributed by atoms with Gasteiger partial charge in [0.25, 0.3) is 11.5 Å². The summed E-state index contributed by atoms with van der Waals surface area (Å²) in [5, 5.41) is 5.42. The SMILES string of the molecule is O=C(Nc1nc2cc(-c3ccc(OC(F)(F)F)cc3)ccc2c(=O)n1CC1CCC(c2ccc3ccccc3c2)O1)c1ccccc1. The van der Waals surface area contributed by atoms with Crippen molar-refractivity contribution in [3.63, 3.8) is 0 Å². The van der Waals surface area contributed by atoms with Crippen molar-refractivity contribution in [3.8, 4) is 16.9 Å². The monoisotopic (exact) mass is 635 g/mol. The Morgan fingerprint density at radius 3 is 2.34 bits per heavy atom. The molecule has 2 unspecified atom stereocenters. The largest absolute Gasteiger partial charge is 0.573 e. The second-order valence-electron chi connectivity index (χ2n) is 11.4. The number of benzene rings is 5. The second kappa shape index (κ2) is 12.4. The lowest BCUT2D eigenvalue weighted by molar-refractivity contribution is -0.274. The Morgan fingerprint density at radius 2 is 1.57 bits per heavy atom. The highest BCUT2D eigenvalue weighted by Crippen LogP contribution is 2.35. The quantitative estimate of drug-likeness (QED) is 0.191. The number of amides is 1. The van der Waals surface area contributed by atoms with Gasteiger partial charge in [0.15, 0.2) is 0 Å². The molecule has 0 spiro atoms. The van der Waals surface area contributed by atoms with Crippen LogP contribution >= 0.6 is 0 Å². The van der Waals surface area contributed by atoms with Crippen molar-refractivity contribution >= 4 is 33.5 Å². The Bertz CT molecular complexity index is 2150. The summed E-state index contributed by atoms with van der Waals surface area (Å²) in [7, 11) is 0. The molecule has 1 amide bonds. The molecule has 1 aromatic heterocycles. The summed E-state index contributed by atoms with van der Waals surface area (Å²) >= 11 is 0. The number of aromatic nitrogens is 2. The molecule has 1 N–H and O–H groups in total. The van der Waals surface area contributed by atoms with Crippen molar-refractivity contribution in [2.45, 2.75) is 38.0 Å². The second-order valence-corrected chi connectivity index (χ2v) is 11.4. The number of hydrogen-bond donors (Lipinski definition) is 1. The zero-order valence-corrected chi connectivity index (χ0v) is 24.9. The van der Waals surface area contributed by atoms with E-state index in [-0.39, 0.29) is 36.0 Å². The fraction of sp³-hybridized carbons (Fsp3) is 0.162. The minimum atomic E-state index is -4.80. The summed E-state index contributed by atoms with van der Waals surface area (Å²) in [6.07, 6.45) is -3.74. The van der Waals surface area contributed by atoms with Gasteiger partial charge in [-0.25, -0.2) is 4.98 Å². The van der Waals surface area contributed by atoms with E-state index in [4.69, 9.17) is 9.72 Å². The molecule has 6 aromatic rings. The first-order valence-corrected chi connectivity index (χ1v) is 15.1. The summed E-state index contributed by atoms with van der Waals surface area (Å²) in [5.74, 6) is -0.700. The summed E-state index contributed by atoms with van der Waals surface area (Å²) in [6.45, 7) is 0.179. The maximum Gasteiger partial charge on any atom is 0.573 e. The number of nitrogens with zero attached hydrogens (tertiary/aromatic N) is 2. The smallest absolute Gasteiger partial charge is 0.406 e. The van der Waals surface area contributed by atoms with Gasteiger partial charge in [-0.1, -0.05) is 72.8 Å². The first kappa shape index (κ1) is 30.2. The molecular formula is C37H28F3N3O4. The highest BCUT2D eigenvalue weighted by molar-refractivity contribution is 6.03. The third-order valence-electron chi connectivity index (χ3n) is 8.28. The average Bonchev–Trinajstić information content (AvgIpc) is 3.55. The predicted octanol–water partition coefficient (Wildman–Crippen LogP) is 8.29. The van der Waals surface area contributed by atoms with Crippen molar-refractivity contribution in [1.29, 1.82) is 0 Å². The van der Waals surface area contributed by atoms with Crippen LogP contribution in [0, 0.1) is 0 Å². The van der Waals surface area contributed by atoms with Gasteiger partial charge in [-0.2, -0.15) is 0 Å². The Hall–Kier alpha value is -5.48. The molecule has 0 saturated carbocycles. The van der Waals surface area contributed by atoms with E-state index in [1.165, 1.54) is 28.8 Å². The Kier molecular flexibility index (Phi) is 7.95. The van der Waals surface area contributed by atoms with E-state index in [0.29, 0.717) is 34.0 Å². The van der Waals surface area contributed by atoms with E-state index in [2.05, 4.69) is 40.4 Å². The van der Waals surface area contributed by atoms with Gasteiger partial charge in [0, 0.05) is 5.56 Å². The van der Waals surface area contributed by atoms with Crippen LogP contribution < -0.4 is 15.6 Å². The molecule has 1 aliphatic heterocycles. The fourth-order valence-electron chi connectivity index (χ4n) is 5.97. The van der Waals surface area contributed by atoms with Crippen LogP contribution in [-0.4, -0.2) is 27.9 Å². The number of carbonyl (C=O) groups excluding carboxylic acids is 1. The summed E-state index contributed by atoms with van der Waals surface area (Å²) in [4.78, 5) is 31.9. The highest BCUT2D eigenvalue weighted by Gasteiger charge is 2.31. The lowest BCUT2D eigenvalue weighted by Crippen LogP contribution is -2.31. The van der Waals surface area contributed by atoms with E-state index < -0.39 is 12.3 Å². The van der Waals surface area contributed by atoms with Crippen LogP contribution in [0.5, 0.6) is 5.75 Å². The molecule has 0 aliphatic carbocycles. The lowest BCUT2D eigenvalue weighted by Gasteiger charge is -2.19. The zero-order valence-electron chi connectivity index (χ0n) is 24.9. The third-order valence-corrected chi connectivity index (χ3v) is 8.28. The molecule has 1 fully saturated rings. The summed E-state index contributed by atoms with van der Waals surface area (Å²) in [5.41, 5.74) is 2.66. The number of carbonyl (C=O) groups is 1. The van der Waals surface area contributed by atoms with Crippen LogP contribution in [0.25, 0.3) is 32.8 Å². The zero-order chi connectivity index (χ0) is 32.5. The molecule has 47 heavy (non-hydrogen) atoms. The Labute approximate surface area is 267 Å². The van der Waals surface area contributed by atoms with Gasteiger partial charge < -0.3 is 9.47 Å². The highest BCUT2D eigenvalue weighted by atomic mass is 19.4. The van der Waals surface area contributed by atoms with Crippen LogP contribution in [0.4, 0.5) is 19.1 Å². The minimum Gasteiger partial charge on any atom is -0.406 e. The number of nitrogens with one attached hydrogen (secondary N) is 1. The third kappa shape index (κ3) is 6.59. The van der Waals surface area contributed by atoms with Crippen LogP contribution in [0.3, 0.4) is 0 Å². The van der Waals surface area contributed by atoms with Crippen molar-refractivity contribution in [2.75, 3.05) is 5.32 Å². The van der Waals surface area contributed by atoms with Crippen LogP contribution in [0.15, 0.2) is 120 Å². The molecule has 5 aromatic carbocycles. The molecule has 2 atom stereocenters. The maximum absolute atomic E-state index is 14.0. The number of rotatable bonds is 7. The van der Waals surface area contributed by atoms with Gasteiger partial charge in [0.1, 0.15) is 5.75 Å². The van der Waals surface area contributed by atoms with E-state index in [9.17, 15) is 22.8 Å². The number of hydrogen-bond acceptors (Lipinski definition) is 5. The first-order chi connectivity index (χ1) is 22.7. The van der Waals surface area contributed by atoms with E-state index in [1.807, 2.05) is 12.1 Å². The van der Waals surface area contributed by atoms with E-state index in [1.54, 1.807) is 48.5 Å². The van der Waals surface area contributed by atoms with Crippen molar-refractivity contribution < 1.29 is 27.4 Å². The predicted molar refractivity (Wildman–Crippen MR) is 173 cm³/mol. The number of halogens is 3.